The number of carbonyl (C=O) groups excluding carboxylic acids is 1. The second-order valence-corrected chi connectivity index (χ2v) is 5.15. The Labute approximate surface area is 102 Å². The molecule has 1 aliphatic carbocycles. The molecule has 0 N–H and O–H groups in total. The molecular formula is C15H18O2. The van der Waals surface area contributed by atoms with Crippen LogP contribution in [0.5, 0.6) is 0 Å². The van der Waals surface area contributed by atoms with Crippen molar-refractivity contribution in [3.05, 3.63) is 48.0 Å². The molecule has 1 aromatic heterocycles. The van der Waals surface area contributed by atoms with Crippen LogP contribution in [0.1, 0.15) is 35.5 Å². The molecule has 1 heterocycles. The van der Waals surface area contributed by atoms with Crippen LogP contribution in [0.4, 0.5) is 0 Å². The summed E-state index contributed by atoms with van der Waals surface area (Å²) in [5.41, 5.74) is 2.50. The fourth-order valence-corrected chi connectivity index (χ4v) is 2.65. The van der Waals surface area contributed by atoms with Gasteiger partial charge in [0.05, 0.1) is 11.7 Å². The lowest BCUT2D eigenvalue weighted by atomic mass is 9.64. The average Bonchev–Trinajstić information content (AvgIpc) is 2.65. The van der Waals surface area contributed by atoms with Crippen molar-refractivity contribution in [2.45, 2.75) is 27.2 Å². The van der Waals surface area contributed by atoms with Gasteiger partial charge in [0, 0.05) is 5.56 Å². The average molecular weight is 230 g/mol. The minimum Gasteiger partial charge on any atom is -0.461 e. The Balaban J connectivity index is 2.61. The van der Waals surface area contributed by atoms with Crippen LogP contribution in [0.2, 0.25) is 0 Å². The Hall–Kier alpha value is -1.57. The highest BCUT2D eigenvalue weighted by Gasteiger charge is 2.46. The number of Topliss-reactive ketones (excluding diaryl/α,β-unsaturated/α-hetero) is 1. The Bertz CT molecular complexity index is 507. The van der Waals surface area contributed by atoms with Crippen molar-refractivity contribution in [1.29, 1.82) is 0 Å². The van der Waals surface area contributed by atoms with E-state index < -0.39 is 5.41 Å². The van der Waals surface area contributed by atoms with E-state index in [1.54, 1.807) is 12.3 Å². The molecule has 0 aliphatic heterocycles. The third-order valence-electron chi connectivity index (χ3n) is 3.95. The van der Waals surface area contributed by atoms with E-state index >= 15 is 0 Å². The Morgan fingerprint density at radius 3 is 2.82 bits per heavy atom. The largest absolute Gasteiger partial charge is 0.461 e. The minimum atomic E-state index is -0.594. The maximum absolute atomic E-state index is 12.5. The molecule has 2 nitrogen and oxygen atoms in total. The first-order chi connectivity index (χ1) is 7.91. The van der Waals surface area contributed by atoms with Crippen molar-refractivity contribution in [2.75, 3.05) is 0 Å². The molecule has 0 aromatic carbocycles. The number of fused-ring (bicyclic) bond motifs is 1. The highest BCUT2D eigenvalue weighted by molar-refractivity contribution is 6.02. The van der Waals surface area contributed by atoms with E-state index in [1.807, 2.05) is 20.8 Å². The van der Waals surface area contributed by atoms with Gasteiger partial charge >= 0.3 is 0 Å². The number of ketones is 1. The van der Waals surface area contributed by atoms with Crippen molar-refractivity contribution in [3.8, 4) is 0 Å². The third kappa shape index (κ3) is 1.51. The van der Waals surface area contributed by atoms with Gasteiger partial charge < -0.3 is 4.42 Å². The van der Waals surface area contributed by atoms with Crippen LogP contribution in [0.3, 0.4) is 0 Å². The van der Waals surface area contributed by atoms with Gasteiger partial charge in [0.1, 0.15) is 0 Å². The Morgan fingerprint density at radius 1 is 1.65 bits per heavy atom. The number of allylic oxidation sites excluding steroid dienone is 2. The van der Waals surface area contributed by atoms with Gasteiger partial charge in [0.2, 0.25) is 5.78 Å². The van der Waals surface area contributed by atoms with Gasteiger partial charge in [-0.3, -0.25) is 4.79 Å². The van der Waals surface area contributed by atoms with Crippen molar-refractivity contribution in [1.82, 2.24) is 0 Å². The molecule has 0 bridgehead atoms. The topological polar surface area (TPSA) is 30.2 Å². The van der Waals surface area contributed by atoms with E-state index in [1.165, 1.54) is 0 Å². The van der Waals surface area contributed by atoms with Crippen LogP contribution in [-0.2, 0) is 6.42 Å². The Kier molecular flexibility index (Phi) is 2.61. The molecule has 0 amide bonds. The lowest BCUT2D eigenvalue weighted by molar-refractivity contribution is 0.0760. The van der Waals surface area contributed by atoms with Crippen LogP contribution in [0, 0.1) is 18.3 Å². The number of carbonyl (C=O) groups is 1. The van der Waals surface area contributed by atoms with Crippen LogP contribution in [0.25, 0.3) is 0 Å². The SMILES string of the molecule is C=C[C@@]1(C)C(=O)c2occ(C)c2C[C@@H]1C(=C)C. The molecule has 1 aliphatic rings. The van der Waals surface area contributed by atoms with E-state index in [0.29, 0.717) is 5.76 Å². The van der Waals surface area contributed by atoms with Gasteiger partial charge in [0.25, 0.3) is 0 Å². The molecule has 2 heteroatoms. The number of hydrogen-bond acceptors (Lipinski definition) is 2. The molecule has 0 unspecified atom stereocenters. The summed E-state index contributed by atoms with van der Waals surface area (Å²) >= 11 is 0. The number of aryl methyl sites for hydroxylation is 1. The summed E-state index contributed by atoms with van der Waals surface area (Å²) in [5.74, 6) is 0.633. The first kappa shape index (κ1) is 11.9. The van der Waals surface area contributed by atoms with E-state index in [4.69, 9.17) is 4.42 Å². The summed E-state index contributed by atoms with van der Waals surface area (Å²) in [5, 5.41) is 0. The van der Waals surface area contributed by atoms with Crippen molar-refractivity contribution < 1.29 is 9.21 Å². The van der Waals surface area contributed by atoms with Crippen LogP contribution >= 0.6 is 0 Å². The lowest BCUT2D eigenvalue weighted by Gasteiger charge is -2.37. The number of furan rings is 1. The maximum atomic E-state index is 12.5. The molecule has 2 atom stereocenters. The summed E-state index contributed by atoms with van der Waals surface area (Å²) in [6, 6.07) is 0. The molecular weight excluding hydrogens is 212 g/mol. The van der Waals surface area contributed by atoms with Gasteiger partial charge in [-0.2, -0.15) is 0 Å². The minimum absolute atomic E-state index is 0.0230. The second kappa shape index (κ2) is 3.73. The summed E-state index contributed by atoms with van der Waals surface area (Å²) in [6.07, 6.45) is 4.20. The van der Waals surface area contributed by atoms with Crippen LogP contribution in [0.15, 0.2) is 35.5 Å². The van der Waals surface area contributed by atoms with Crippen molar-refractivity contribution in [2.24, 2.45) is 11.3 Å². The molecule has 2 rings (SSSR count). The zero-order chi connectivity index (χ0) is 12.8. The summed E-state index contributed by atoms with van der Waals surface area (Å²) in [4.78, 5) is 12.5. The molecule has 17 heavy (non-hydrogen) atoms. The van der Waals surface area contributed by atoms with Gasteiger partial charge in [-0.05, 0) is 38.7 Å². The quantitative estimate of drug-likeness (QED) is 0.725. The fourth-order valence-electron chi connectivity index (χ4n) is 2.65. The highest BCUT2D eigenvalue weighted by atomic mass is 16.3. The van der Waals surface area contributed by atoms with Gasteiger partial charge in [0.15, 0.2) is 5.76 Å². The second-order valence-electron chi connectivity index (χ2n) is 5.15. The normalized spacial score (nSPS) is 27.7. The zero-order valence-electron chi connectivity index (χ0n) is 10.7. The first-order valence-corrected chi connectivity index (χ1v) is 5.82. The highest BCUT2D eigenvalue weighted by Crippen LogP contribution is 2.45. The zero-order valence-corrected chi connectivity index (χ0v) is 10.7. The summed E-state index contributed by atoms with van der Waals surface area (Å²) in [6.45, 7) is 13.7. The van der Waals surface area contributed by atoms with E-state index in [0.717, 1.165) is 23.1 Å². The van der Waals surface area contributed by atoms with Crippen molar-refractivity contribution in [3.63, 3.8) is 0 Å². The number of hydrogen-bond donors (Lipinski definition) is 0. The van der Waals surface area contributed by atoms with E-state index in [-0.39, 0.29) is 11.7 Å². The lowest BCUT2D eigenvalue weighted by Crippen LogP contribution is -2.40. The van der Waals surface area contributed by atoms with Gasteiger partial charge in [-0.1, -0.05) is 18.2 Å². The monoisotopic (exact) mass is 230 g/mol. The van der Waals surface area contributed by atoms with E-state index in [9.17, 15) is 4.79 Å². The summed E-state index contributed by atoms with van der Waals surface area (Å²) < 4.78 is 5.40. The molecule has 0 fully saturated rings. The Morgan fingerprint density at radius 2 is 2.29 bits per heavy atom. The van der Waals surface area contributed by atoms with Crippen molar-refractivity contribution >= 4 is 5.78 Å². The fraction of sp³-hybridized carbons (Fsp3) is 0.400. The molecule has 1 aromatic rings. The number of rotatable bonds is 2. The summed E-state index contributed by atoms with van der Waals surface area (Å²) in [7, 11) is 0. The van der Waals surface area contributed by atoms with Gasteiger partial charge in [-0.25, -0.2) is 0 Å². The molecule has 0 spiro atoms. The van der Waals surface area contributed by atoms with Gasteiger partial charge in [-0.15, -0.1) is 6.58 Å². The standard InChI is InChI=1S/C15H18O2/c1-6-15(5)12(9(2)3)7-11-10(4)8-17-13(11)14(15)16/h6,8,12H,1-2,7H2,3-5H3/t12-,15-/m1/s1. The molecule has 0 radical (unpaired) electrons. The molecule has 90 valence electrons. The van der Waals surface area contributed by atoms with Crippen LogP contribution in [-0.4, -0.2) is 5.78 Å². The maximum Gasteiger partial charge on any atom is 0.208 e. The molecule has 0 saturated heterocycles. The smallest absolute Gasteiger partial charge is 0.208 e. The van der Waals surface area contributed by atoms with Crippen LogP contribution < -0.4 is 0 Å². The first-order valence-electron chi connectivity index (χ1n) is 5.82. The predicted octanol–water partition coefficient (Wildman–Crippen LogP) is 3.71. The molecule has 0 saturated carbocycles. The third-order valence-corrected chi connectivity index (χ3v) is 3.95. The van der Waals surface area contributed by atoms with E-state index in [2.05, 4.69) is 13.2 Å². The predicted molar refractivity (Wildman–Crippen MR) is 68.1 cm³/mol.